The highest BCUT2D eigenvalue weighted by molar-refractivity contribution is 5.40. The van der Waals surface area contributed by atoms with Crippen LogP contribution in [0.1, 0.15) is 17.5 Å². The second kappa shape index (κ2) is 7.19. The summed E-state index contributed by atoms with van der Waals surface area (Å²) in [6.45, 7) is 3.35. The van der Waals surface area contributed by atoms with Crippen molar-refractivity contribution < 1.29 is 27.8 Å². The first-order valence-electron chi connectivity index (χ1n) is 7.60. The van der Waals surface area contributed by atoms with Gasteiger partial charge in [0.2, 0.25) is 0 Å². The summed E-state index contributed by atoms with van der Waals surface area (Å²) in [5.41, 5.74) is -0.121. The summed E-state index contributed by atoms with van der Waals surface area (Å²) in [4.78, 5) is 0. The molecular formula is C18H18F3NO3. The Bertz CT molecular complexity index is 714. The molecule has 2 unspecified atom stereocenters. The van der Waals surface area contributed by atoms with Crippen LogP contribution in [-0.2, 0) is 4.74 Å². The van der Waals surface area contributed by atoms with E-state index in [1.54, 1.807) is 0 Å². The largest absolute Gasteiger partial charge is 0.573 e. The number of halogens is 3. The number of nitriles is 1. The smallest absolute Gasteiger partial charge is 0.490 e. The maximum absolute atomic E-state index is 12.4. The van der Waals surface area contributed by atoms with Gasteiger partial charge in [-0.3, -0.25) is 0 Å². The highest BCUT2D eigenvalue weighted by Gasteiger charge is 2.40. The molecule has 1 aromatic rings. The first-order chi connectivity index (χ1) is 11.6. The van der Waals surface area contributed by atoms with Crippen LogP contribution in [-0.4, -0.2) is 23.7 Å². The maximum atomic E-state index is 12.4. The fourth-order valence-corrected chi connectivity index (χ4v) is 2.68. The van der Waals surface area contributed by atoms with Crippen LogP contribution in [0.4, 0.5) is 13.2 Å². The Balaban J connectivity index is 2.25. The summed E-state index contributed by atoms with van der Waals surface area (Å²) in [6, 6.07) is 7.42. The molecule has 0 amide bonds. The van der Waals surface area contributed by atoms with Crippen LogP contribution >= 0.6 is 0 Å². The van der Waals surface area contributed by atoms with Crippen molar-refractivity contribution in [3.05, 3.63) is 53.3 Å². The normalized spacial score (nSPS) is 22.9. The number of hydrogen-bond acceptors (Lipinski definition) is 4. The van der Waals surface area contributed by atoms with Crippen molar-refractivity contribution in [1.29, 1.82) is 5.26 Å². The fourth-order valence-electron chi connectivity index (χ4n) is 2.68. The van der Waals surface area contributed by atoms with Crippen molar-refractivity contribution in [2.24, 2.45) is 5.92 Å². The summed E-state index contributed by atoms with van der Waals surface area (Å²) in [6.07, 6.45) is -1.55. The summed E-state index contributed by atoms with van der Waals surface area (Å²) in [5, 5.41) is 19.7. The minimum Gasteiger partial charge on any atom is -0.490 e. The number of alkyl halides is 3. The molecule has 134 valence electrons. The van der Waals surface area contributed by atoms with Crippen molar-refractivity contribution in [3.8, 4) is 11.8 Å². The molecule has 0 heterocycles. The molecule has 1 aliphatic carbocycles. The van der Waals surface area contributed by atoms with Gasteiger partial charge in [-0.1, -0.05) is 24.3 Å². The predicted octanol–water partition coefficient (Wildman–Crippen LogP) is 3.93. The van der Waals surface area contributed by atoms with Crippen LogP contribution in [0.2, 0.25) is 0 Å². The second-order valence-corrected chi connectivity index (χ2v) is 5.92. The van der Waals surface area contributed by atoms with E-state index in [9.17, 15) is 18.3 Å². The average molecular weight is 353 g/mol. The zero-order valence-electron chi connectivity index (χ0n) is 13.8. The summed E-state index contributed by atoms with van der Waals surface area (Å²) < 4.78 is 46.9. The van der Waals surface area contributed by atoms with Gasteiger partial charge in [0.05, 0.1) is 6.07 Å². The van der Waals surface area contributed by atoms with Crippen LogP contribution in [0.15, 0.2) is 42.2 Å². The molecule has 0 spiro atoms. The monoisotopic (exact) mass is 353 g/mol. The van der Waals surface area contributed by atoms with Crippen LogP contribution in [0.3, 0.4) is 0 Å². The second-order valence-electron chi connectivity index (χ2n) is 5.92. The molecule has 25 heavy (non-hydrogen) atoms. The van der Waals surface area contributed by atoms with Gasteiger partial charge in [0.15, 0.2) is 0 Å². The van der Waals surface area contributed by atoms with Gasteiger partial charge >= 0.3 is 6.36 Å². The molecule has 2 rings (SSSR count). The van der Waals surface area contributed by atoms with Crippen molar-refractivity contribution in [2.45, 2.75) is 32.2 Å². The Labute approximate surface area is 143 Å². The fraction of sp³-hybridized carbons (Fsp3) is 0.389. The molecule has 0 radical (unpaired) electrons. The molecule has 1 aromatic carbocycles. The van der Waals surface area contributed by atoms with Gasteiger partial charge in [0, 0.05) is 12.3 Å². The quantitative estimate of drug-likeness (QED) is 0.871. The molecule has 1 N–H and O–H groups in total. The molecule has 1 aliphatic rings. The Hall–Kier alpha value is -2.46. The van der Waals surface area contributed by atoms with Crippen molar-refractivity contribution in [3.63, 3.8) is 0 Å². The van der Waals surface area contributed by atoms with Gasteiger partial charge in [-0.15, -0.1) is 13.2 Å². The Kier molecular flexibility index (Phi) is 5.43. The van der Waals surface area contributed by atoms with E-state index in [-0.39, 0.29) is 13.0 Å². The molecule has 4 nitrogen and oxygen atoms in total. The lowest BCUT2D eigenvalue weighted by Gasteiger charge is -2.34. The third-order valence-corrected chi connectivity index (χ3v) is 3.93. The first-order valence-corrected chi connectivity index (χ1v) is 7.60. The Morgan fingerprint density at radius 3 is 2.48 bits per heavy atom. The third kappa shape index (κ3) is 4.77. The first kappa shape index (κ1) is 18.9. The highest BCUT2D eigenvalue weighted by atomic mass is 19.4. The number of ether oxygens (including phenoxy) is 2. The van der Waals surface area contributed by atoms with Gasteiger partial charge in [-0.2, -0.15) is 5.26 Å². The number of nitrogens with zero attached hydrogens (tertiary/aromatic N) is 1. The zero-order chi connectivity index (χ0) is 18.7. The van der Waals surface area contributed by atoms with E-state index in [1.165, 1.54) is 6.08 Å². The standard InChI is InChI=1S/C18H18F3NO3/c1-12-4-3-5-13(2)16(12)24-11-17(23)10-15(25-18(19,20)21)7-6-14(17)8-9-22/h3-7,10,14,23H,8,11H2,1-2H3. The number of rotatable bonds is 5. The van der Waals surface area contributed by atoms with Gasteiger partial charge < -0.3 is 14.6 Å². The van der Waals surface area contributed by atoms with Crippen molar-refractivity contribution in [2.75, 3.05) is 6.61 Å². The number of allylic oxidation sites excluding steroid dienone is 1. The highest BCUT2D eigenvalue weighted by Crippen LogP contribution is 2.34. The van der Waals surface area contributed by atoms with E-state index >= 15 is 0 Å². The van der Waals surface area contributed by atoms with E-state index in [0.717, 1.165) is 23.3 Å². The van der Waals surface area contributed by atoms with E-state index in [0.29, 0.717) is 5.75 Å². The van der Waals surface area contributed by atoms with Crippen LogP contribution in [0, 0.1) is 31.1 Å². The van der Waals surface area contributed by atoms with E-state index in [2.05, 4.69) is 4.74 Å². The molecule has 0 aromatic heterocycles. The minimum atomic E-state index is -4.87. The SMILES string of the molecule is Cc1cccc(C)c1OCC1(O)C=C(OC(F)(F)F)C=CC1CC#N. The predicted molar refractivity (Wildman–Crippen MR) is 84.4 cm³/mol. The van der Waals surface area contributed by atoms with E-state index < -0.39 is 23.6 Å². The molecule has 0 aliphatic heterocycles. The lowest BCUT2D eigenvalue weighted by molar-refractivity contribution is -0.304. The van der Waals surface area contributed by atoms with Gasteiger partial charge in [-0.05, 0) is 37.1 Å². The maximum Gasteiger partial charge on any atom is 0.573 e. The molecule has 0 saturated carbocycles. The van der Waals surface area contributed by atoms with Crippen molar-refractivity contribution >= 4 is 0 Å². The topological polar surface area (TPSA) is 62.5 Å². The molecule has 0 saturated heterocycles. The number of para-hydroxylation sites is 1. The van der Waals surface area contributed by atoms with Gasteiger partial charge in [0.25, 0.3) is 0 Å². The molecule has 7 heteroatoms. The van der Waals surface area contributed by atoms with E-state index in [4.69, 9.17) is 10.00 Å². The number of aliphatic hydroxyl groups is 1. The van der Waals surface area contributed by atoms with Crippen LogP contribution < -0.4 is 4.74 Å². The summed E-state index contributed by atoms with van der Waals surface area (Å²) >= 11 is 0. The number of aryl methyl sites for hydroxylation is 2. The number of benzene rings is 1. The minimum absolute atomic E-state index is 0.0705. The summed E-state index contributed by atoms with van der Waals surface area (Å²) in [5.74, 6) is -0.690. The van der Waals surface area contributed by atoms with Gasteiger partial charge in [0.1, 0.15) is 23.7 Å². The van der Waals surface area contributed by atoms with Gasteiger partial charge in [-0.25, -0.2) is 0 Å². The zero-order valence-corrected chi connectivity index (χ0v) is 13.8. The molecule has 2 atom stereocenters. The number of hydrogen-bond donors (Lipinski definition) is 1. The Morgan fingerprint density at radius 1 is 1.28 bits per heavy atom. The lowest BCUT2D eigenvalue weighted by Crippen LogP contribution is -2.43. The average Bonchev–Trinajstić information content (AvgIpc) is 2.48. The van der Waals surface area contributed by atoms with Crippen molar-refractivity contribution in [1.82, 2.24) is 0 Å². The Morgan fingerprint density at radius 2 is 1.92 bits per heavy atom. The summed E-state index contributed by atoms with van der Waals surface area (Å²) in [7, 11) is 0. The third-order valence-electron chi connectivity index (χ3n) is 3.93. The molecule has 0 bridgehead atoms. The van der Waals surface area contributed by atoms with Crippen LogP contribution in [0.25, 0.3) is 0 Å². The van der Waals surface area contributed by atoms with E-state index in [1.807, 2.05) is 38.1 Å². The van der Waals surface area contributed by atoms with Crippen LogP contribution in [0.5, 0.6) is 5.75 Å². The molecular weight excluding hydrogens is 335 g/mol. The lowest BCUT2D eigenvalue weighted by atomic mass is 9.82. The molecule has 0 fully saturated rings.